The molecule has 0 saturated heterocycles. The third kappa shape index (κ3) is 9.29. The molecule has 47 heavy (non-hydrogen) atoms. The predicted molar refractivity (Wildman–Crippen MR) is 187 cm³/mol. The van der Waals surface area contributed by atoms with E-state index in [-0.39, 0.29) is 18.5 Å². The summed E-state index contributed by atoms with van der Waals surface area (Å²) in [6, 6.07) is 20.4. The molecule has 1 unspecified atom stereocenters. The Morgan fingerprint density at radius 2 is 1.55 bits per heavy atom. The SMILES string of the molecule is CCN(CC)CCN(C)C(=O)c1ccc(NC(CN(C(=O)Oc2c(C)cc(C)cc2C)c2ccncn2)c2ccc(OC)cc2)cc1. The van der Waals surface area contributed by atoms with Gasteiger partial charge in [0.25, 0.3) is 5.91 Å². The number of aryl methyl sites for hydroxylation is 3. The minimum Gasteiger partial charge on any atom is -0.497 e. The highest BCUT2D eigenvalue weighted by Crippen LogP contribution is 2.29. The number of hydrogen-bond acceptors (Lipinski definition) is 8. The Kier molecular flexibility index (Phi) is 12.3. The van der Waals surface area contributed by atoms with Crippen LogP contribution in [0.5, 0.6) is 11.5 Å². The zero-order chi connectivity index (χ0) is 33.9. The molecule has 2 amide bonds. The molecule has 0 bridgehead atoms. The molecule has 4 rings (SSSR count). The Morgan fingerprint density at radius 3 is 2.13 bits per heavy atom. The summed E-state index contributed by atoms with van der Waals surface area (Å²) in [6.45, 7) is 13.7. The van der Waals surface area contributed by atoms with Crippen molar-refractivity contribution in [2.75, 3.05) is 57.1 Å². The summed E-state index contributed by atoms with van der Waals surface area (Å²) in [5.41, 5.74) is 5.14. The summed E-state index contributed by atoms with van der Waals surface area (Å²) in [4.78, 5) is 41.0. The molecule has 3 aromatic carbocycles. The summed E-state index contributed by atoms with van der Waals surface area (Å²) < 4.78 is 11.4. The van der Waals surface area contributed by atoms with Crippen LogP contribution in [0, 0.1) is 20.8 Å². The topological polar surface area (TPSA) is 100 Å². The average Bonchev–Trinajstić information content (AvgIpc) is 3.08. The number of carbonyl (C=O) groups excluding carboxylic acids is 2. The van der Waals surface area contributed by atoms with Crippen LogP contribution >= 0.6 is 0 Å². The number of nitrogens with one attached hydrogen (secondary N) is 1. The fraction of sp³-hybridized carbons (Fsp3) is 0.351. The number of methoxy groups -OCH3 is 1. The Labute approximate surface area is 278 Å². The smallest absolute Gasteiger partial charge is 0.421 e. The molecule has 0 radical (unpaired) electrons. The summed E-state index contributed by atoms with van der Waals surface area (Å²) in [7, 11) is 3.45. The lowest BCUT2D eigenvalue weighted by molar-refractivity contribution is 0.0779. The number of ether oxygens (including phenoxy) is 2. The molecule has 0 aliphatic heterocycles. The number of likely N-dealkylation sites (N-methyl/N-ethyl adjacent to an activating group) is 2. The van der Waals surface area contributed by atoms with Gasteiger partial charge in [0.2, 0.25) is 0 Å². The molecule has 1 N–H and O–H groups in total. The van der Waals surface area contributed by atoms with Crippen LogP contribution in [0.25, 0.3) is 0 Å². The summed E-state index contributed by atoms with van der Waals surface area (Å²) in [6.07, 6.45) is 2.44. The van der Waals surface area contributed by atoms with E-state index >= 15 is 0 Å². The number of aromatic nitrogens is 2. The Morgan fingerprint density at radius 1 is 0.894 bits per heavy atom. The van der Waals surface area contributed by atoms with E-state index in [2.05, 4.69) is 34.0 Å². The molecule has 0 saturated carbocycles. The molecule has 1 heterocycles. The molecular weight excluding hydrogens is 592 g/mol. The van der Waals surface area contributed by atoms with E-state index in [4.69, 9.17) is 9.47 Å². The maximum Gasteiger partial charge on any atom is 0.421 e. The molecular formula is C37H46N6O4. The number of amides is 2. The van der Waals surface area contributed by atoms with Gasteiger partial charge < -0.3 is 24.6 Å². The van der Waals surface area contributed by atoms with Crippen LogP contribution < -0.4 is 19.7 Å². The number of hydrogen-bond donors (Lipinski definition) is 1. The first kappa shape index (κ1) is 34.9. The highest BCUT2D eigenvalue weighted by Gasteiger charge is 2.26. The largest absolute Gasteiger partial charge is 0.497 e. The lowest BCUT2D eigenvalue weighted by Gasteiger charge is -2.28. The van der Waals surface area contributed by atoms with Crippen molar-refractivity contribution >= 4 is 23.5 Å². The maximum atomic E-state index is 13.9. The number of rotatable bonds is 14. The fourth-order valence-corrected chi connectivity index (χ4v) is 5.49. The first-order valence-electron chi connectivity index (χ1n) is 15.9. The molecule has 10 heteroatoms. The highest BCUT2D eigenvalue weighted by molar-refractivity contribution is 5.94. The Balaban J connectivity index is 1.60. The minimum atomic E-state index is -0.562. The van der Waals surface area contributed by atoms with Gasteiger partial charge in [0.15, 0.2) is 0 Å². The summed E-state index contributed by atoms with van der Waals surface area (Å²) in [5, 5.41) is 3.57. The molecule has 248 valence electrons. The second-order valence-corrected chi connectivity index (χ2v) is 11.6. The monoisotopic (exact) mass is 638 g/mol. The third-order valence-electron chi connectivity index (χ3n) is 8.21. The van der Waals surface area contributed by atoms with Gasteiger partial charge in [-0.25, -0.2) is 14.8 Å². The van der Waals surface area contributed by atoms with Gasteiger partial charge in [-0.15, -0.1) is 0 Å². The van der Waals surface area contributed by atoms with E-state index in [1.165, 1.54) is 11.2 Å². The van der Waals surface area contributed by atoms with Gasteiger partial charge in [-0.1, -0.05) is 43.7 Å². The van der Waals surface area contributed by atoms with Crippen LogP contribution in [0.4, 0.5) is 16.3 Å². The highest BCUT2D eigenvalue weighted by atomic mass is 16.6. The van der Waals surface area contributed by atoms with Crippen LogP contribution in [0.3, 0.4) is 0 Å². The quantitative estimate of drug-likeness (QED) is 0.163. The van der Waals surface area contributed by atoms with Gasteiger partial charge in [0.1, 0.15) is 23.6 Å². The number of anilines is 2. The van der Waals surface area contributed by atoms with Gasteiger partial charge in [-0.05, 0) is 93.0 Å². The second kappa shape index (κ2) is 16.6. The van der Waals surface area contributed by atoms with E-state index in [9.17, 15) is 9.59 Å². The van der Waals surface area contributed by atoms with Gasteiger partial charge >= 0.3 is 6.09 Å². The molecule has 0 aliphatic carbocycles. The molecule has 1 atom stereocenters. The van der Waals surface area contributed by atoms with E-state index in [1.807, 2.05) is 88.5 Å². The first-order chi connectivity index (χ1) is 22.6. The number of nitrogens with zero attached hydrogens (tertiary/aromatic N) is 5. The van der Waals surface area contributed by atoms with Crippen LogP contribution in [0.2, 0.25) is 0 Å². The maximum absolute atomic E-state index is 13.9. The van der Waals surface area contributed by atoms with Crippen molar-refractivity contribution in [1.29, 1.82) is 0 Å². The average molecular weight is 639 g/mol. The lowest BCUT2D eigenvalue weighted by atomic mass is 10.0. The van der Waals surface area contributed by atoms with E-state index in [0.717, 1.165) is 53.3 Å². The number of benzene rings is 3. The molecule has 4 aromatic rings. The molecule has 10 nitrogen and oxygen atoms in total. The van der Waals surface area contributed by atoms with Crippen LogP contribution in [0.1, 0.15) is 52.5 Å². The first-order valence-corrected chi connectivity index (χ1v) is 15.9. The van der Waals surface area contributed by atoms with Crippen molar-refractivity contribution < 1.29 is 19.1 Å². The third-order valence-corrected chi connectivity index (χ3v) is 8.21. The van der Waals surface area contributed by atoms with Crippen molar-refractivity contribution in [2.45, 2.75) is 40.7 Å². The summed E-state index contributed by atoms with van der Waals surface area (Å²) >= 11 is 0. The molecule has 0 aliphatic rings. The summed E-state index contributed by atoms with van der Waals surface area (Å²) in [5.74, 6) is 1.62. The van der Waals surface area contributed by atoms with E-state index < -0.39 is 6.09 Å². The van der Waals surface area contributed by atoms with Crippen molar-refractivity contribution in [3.8, 4) is 11.5 Å². The van der Waals surface area contributed by atoms with Crippen molar-refractivity contribution in [1.82, 2.24) is 19.8 Å². The Bertz CT molecular complexity index is 1590. The van der Waals surface area contributed by atoms with E-state index in [0.29, 0.717) is 23.7 Å². The van der Waals surface area contributed by atoms with Crippen molar-refractivity contribution in [3.63, 3.8) is 0 Å². The predicted octanol–water partition coefficient (Wildman–Crippen LogP) is 6.68. The molecule has 1 aromatic heterocycles. The van der Waals surface area contributed by atoms with Crippen LogP contribution in [-0.2, 0) is 0 Å². The van der Waals surface area contributed by atoms with Crippen molar-refractivity contribution in [3.05, 3.63) is 107 Å². The fourth-order valence-electron chi connectivity index (χ4n) is 5.49. The zero-order valence-electron chi connectivity index (χ0n) is 28.5. The number of carbonyl (C=O) groups is 2. The van der Waals surface area contributed by atoms with Crippen molar-refractivity contribution in [2.24, 2.45) is 0 Å². The second-order valence-electron chi connectivity index (χ2n) is 11.6. The lowest BCUT2D eigenvalue weighted by Crippen LogP contribution is -2.39. The zero-order valence-corrected chi connectivity index (χ0v) is 28.5. The van der Waals surface area contributed by atoms with Crippen LogP contribution in [-0.4, -0.2) is 78.6 Å². The van der Waals surface area contributed by atoms with Gasteiger partial charge in [-0.2, -0.15) is 0 Å². The van der Waals surface area contributed by atoms with E-state index in [1.54, 1.807) is 24.3 Å². The standard InChI is InChI=1S/C37H46N6O4/c1-8-42(9-2)21-20-41(6)36(44)30-10-14-31(15-11-30)40-33(29-12-16-32(46-7)17-13-29)24-43(34-18-19-38-25-39-34)37(45)47-35-27(4)22-26(3)23-28(35)5/h10-19,22-23,25,33,40H,8-9,20-21,24H2,1-7H3. The Hall–Kier alpha value is -4.96. The van der Waals surface area contributed by atoms with Gasteiger partial charge in [-0.3, -0.25) is 9.69 Å². The molecule has 0 fully saturated rings. The minimum absolute atomic E-state index is 0.0326. The van der Waals surface area contributed by atoms with Gasteiger partial charge in [0, 0.05) is 37.6 Å². The van der Waals surface area contributed by atoms with Gasteiger partial charge in [0.05, 0.1) is 19.7 Å². The normalized spacial score (nSPS) is 11.6. The van der Waals surface area contributed by atoms with Crippen LogP contribution in [0.15, 0.2) is 79.3 Å². The molecule has 0 spiro atoms.